The zero-order valence-corrected chi connectivity index (χ0v) is 6.15. The van der Waals surface area contributed by atoms with E-state index in [9.17, 15) is 13.2 Å². The SMILES string of the molecule is NCCc1ncc(C(F)(F)F)[nH]1. The van der Waals surface area contributed by atoms with Crippen LogP contribution in [0.5, 0.6) is 0 Å². The first-order valence-electron chi connectivity index (χ1n) is 3.35. The Morgan fingerprint density at radius 3 is 2.58 bits per heavy atom. The van der Waals surface area contributed by atoms with E-state index in [1.54, 1.807) is 0 Å². The number of H-pyrrole nitrogens is 1. The van der Waals surface area contributed by atoms with Crippen LogP contribution < -0.4 is 5.73 Å². The molecule has 0 spiro atoms. The highest BCUT2D eigenvalue weighted by Gasteiger charge is 2.32. The van der Waals surface area contributed by atoms with Gasteiger partial charge < -0.3 is 10.7 Å². The number of aromatic amines is 1. The van der Waals surface area contributed by atoms with Crippen molar-refractivity contribution in [2.75, 3.05) is 6.54 Å². The minimum Gasteiger partial charge on any atom is -0.338 e. The van der Waals surface area contributed by atoms with E-state index in [4.69, 9.17) is 5.73 Å². The molecule has 1 heterocycles. The average molecular weight is 179 g/mol. The van der Waals surface area contributed by atoms with E-state index in [2.05, 4.69) is 9.97 Å². The number of nitrogens with one attached hydrogen (secondary N) is 1. The molecule has 0 saturated carbocycles. The van der Waals surface area contributed by atoms with Crippen LogP contribution in [0.3, 0.4) is 0 Å². The topological polar surface area (TPSA) is 54.7 Å². The van der Waals surface area contributed by atoms with Gasteiger partial charge in [-0.25, -0.2) is 4.98 Å². The summed E-state index contributed by atoms with van der Waals surface area (Å²) < 4.78 is 35.8. The number of rotatable bonds is 2. The van der Waals surface area contributed by atoms with Gasteiger partial charge in [0.05, 0.1) is 6.20 Å². The molecule has 12 heavy (non-hydrogen) atoms. The highest BCUT2D eigenvalue weighted by atomic mass is 19.4. The van der Waals surface area contributed by atoms with Gasteiger partial charge in [-0.15, -0.1) is 0 Å². The number of aromatic nitrogens is 2. The molecule has 0 fully saturated rings. The van der Waals surface area contributed by atoms with Gasteiger partial charge in [-0.2, -0.15) is 13.2 Å². The van der Waals surface area contributed by atoms with Gasteiger partial charge in [-0.05, 0) is 6.54 Å². The van der Waals surface area contributed by atoms with Gasteiger partial charge in [0.15, 0.2) is 0 Å². The van der Waals surface area contributed by atoms with Crippen molar-refractivity contribution >= 4 is 0 Å². The number of nitrogens with zero attached hydrogens (tertiary/aromatic N) is 1. The Balaban J connectivity index is 2.77. The lowest BCUT2D eigenvalue weighted by Gasteiger charge is -2.00. The Labute approximate surface area is 66.8 Å². The predicted octanol–water partition coefficient (Wildman–Crippen LogP) is 0.930. The van der Waals surface area contributed by atoms with E-state index in [0.717, 1.165) is 6.20 Å². The number of hydrogen-bond acceptors (Lipinski definition) is 2. The van der Waals surface area contributed by atoms with Crippen molar-refractivity contribution in [1.82, 2.24) is 9.97 Å². The van der Waals surface area contributed by atoms with E-state index in [1.165, 1.54) is 0 Å². The molecule has 0 aliphatic heterocycles. The van der Waals surface area contributed by atoms with Gasteiger partial charge in [-0.3, -0.25) is 0 Å². The third kappa shape index (κ3) is 1.97. The van der Waals surface area contributed by atoms with Crippen LogP contribution in [0.1, 0.15) is 11.5 Å². The van der Waals surface area contributed by atoms with E-state index < -0.39 is 11.9 Å². The molecule has 1 aromatic rings. The summed E-state index contributed by atoms with van der Waals surface area (Å²) in [5.41, 5.74) is 4.31. The summed E-state index contributed by atoms with van der Waals surface area (Å²) in [6.07, 6.45) is -3.25. The van der Waals surface area contributed by atoms with Crippen LogP contribution in [-0.4, -0.2) is 16.5 Å². The minimum atomic E-state index is -4.35. The van der Waals surface area contributed by atoms with E-state index in [-0.39, 0.29) is 12.4 Å². The molecule has 0 aliphatic carbocycles. The van der Waals surface area contributed by atoms with Crippen LogP contribution >= 0.6 is 0 Å². The molecule has 0 atom stereocenters. The maximum absolute atomic E-state index is 11.9. The molecule has 0 radical (unpaired) electrons. The van der Waals surface area contributed by atoms with Crippen molar-refractivity contribution in [2.24, 2.45) is 5.73 Å². The Hall–Kier alpha value is -1.04. The van der Waals surface area contributed by atoms with E-state index >= 15 is 0 Å². The molecular formula is C6H8F3N3. The number of nitrogens with two attached hydrogens (primary N) is 1. The molecule has 0 unspecified atom stereocenters. The Morgan fingerprint density at radius 1 is 1.50 bits per heavy atom. The second-order valence-electron chi connectivity index (χ2n) is 2.28. The molecule has 1 rings (SSSR count). The Morgan fingerprint density at radius 2 is 2.17 bits per heavy atom. The largest absolute Gasteiger partial charge is 0.432 e. The summed E-state index contributed by atoms with van der Waals surface area (Å²) in [4.78, 5) is 5.65. The molecule has 0 saturated heterocycles. The Bertz CT molecular complexity index is 253. The summed E-state index contributed by atoms with van der Waals surface area (Å²) in [6.45, 7) is 0.283. The average Bonchev–Trinajstić information content (AvgIpc) is 2.35. The van der Waals surface area contributed by atoms with Crippen molar-refractivity contribution in [3.8, 4) is 0 Å². The molecule has 0 amide bonds. The molecule has 0 aliphatic rings. The highest BCUT2D eigenvalue weighted by molar-refractivity contribution is 5.05. The smallest absolute Gasteiger partial charge is 0.338 e. The molecule has 1 aromatic heterocycles. The minimum absolute atomic E-state index is 0.268. The summed E-state index contributed by atoms with van der Waals surface area (Å²) in [5.74, 6) is 0.268. The number of halogens is 3. The second-order valence-corrected chi connectivity index (χ2v) is 2.28. The summed E-state index contributed by atoms with van der Waals surface area (Å²) >= 11 is 0. The molecule has 0 bridgehead atoms. The highest BCUT2D eigenvalue weighted by Crippen LogP contribution is 2.27. The second kappa shape index (κ2) is 3.14. The molecule has 0 aromatic carbocycles. The third-order valence-corrected chi connectivity index (χ3v) is 1.31. The van der Waals surface area contributed by atoms with Crippen molar-refractivity contribution in [2.45, 2.75) is 12.6 Å². The van der Waals surface area contributed by atoms with Crippen molar-refractivity contribution in [1.29, 1.82) is 0 Å². The standard InChI is InChI=1S/C6H8F3N3/c7-6(8,9)4-3-11-5(12-4)1-2-10/h3H,1-2,10H2,(H,11,12). The van der Waals surface area contributed by atoms with Crippen LogP contribution in [0, 0.1) is 0 Å². The van der Waals surface area contributed by atoms with Crippen LogP contribution in [0.15, 0.2) is 6.20 Å². The number of imidazole rings is 1. The maximum Gasteiger partial charge on any atom is 0.432 e. The first-order chi connectivity index (χ1) is 5.54. The zero-order chi connectivity index (χ0) is 9.19. The van der Waals surface area contributed by atoms with Crippen LogP contribution in [0.25, 0.3) is 0 Å². The molecule has 6 heteroatoms. The van der Waals surface area contributed by atoms with Crippen molar-refractivity contribution in [3.63, 3.8) is 0 Å². The summed E-state index contributed by atoms with van der Waals surface area (Å²) in [7, 11) is 0. The fraction of sp³-hybridized carbons (Fsp3) is 0.500. The maximum atomic E-state index is 11.9. The first kappa shape index (κ1) is 9.05. The van der Waals surface area contributed by atoms with Gasteiger partial charge in [0.1, 0.15) is 11.5 Å². The fourth-order valence-electron chi connectivity index (χ4n) is 0.770. The van der Waals surface area contributed by atoms with Gasteiger partial charge in [-0.1, -0.05) is 0 Å². The summed E-state index contributed by atoms with van der Waals surface area (Å²) in [5, 5.41) is 0. The Kier molecular flexibility index (Phi) is 2.37. The predicted molar refractivity (Wildman–Crippen MR) is 36.3 cm³/mol. The monoisotopic (exact) mass is 179 g/mol. The lowest BCUT2D eigenvalue weighted by Crippen LogP contribution is -2.07. The normalized spacial score (nSPS) is 12.0. The molecule has 68 valence electrons. The number of hydrogen-bond donors (Lipinski definition) is 2. The van der Waals surface area contributed by atoms with Crippen LogP contribution in [0.4, 0.5) is 13.2 Å². The summed E-state index contributed by atoms with van der Waals surface area (Å²) in [6, 6.07) is 0. The van der Waals surface area contributed by atoms with Crippen molar-refractivity contribution in [3.05, 3.63) is 17.7 Å². The zero-order valence-electron chi connectivity index (χ0n) is 6.15. The van der Waals surface area contributed by atoms with Gasteiger partial charge in [0.2, 0.25) is 0 Å². The van der Waals surface area contributed by atoms with Crippen LogP contribution in [-0.2, 0) is 12.6 Å². The third-order valence-electron chi connectivity index (χ3n) is 1.31. The van der Waals surface area contributed by atoms with Gasteiger partial charge in [0.25, 0.3) is 0 Å². The van der Waals surface area contributed by atoms with Crippen LogP contribution in [0.2, 0.25) is 0 Å². The lowest BCUT2D eigenvalue weighted by molar-refractivity contribution is -0.140. The first-order valence-corrected chi connectivity index (χ1v) is 3.35. The van der Waals surface area contributed by atoms with Gasteiger partial charge >= 0.3 is 6.18 Å². The number of alkyl halides is 3. The van der Waals surface area contributed by atoms with Crippen molar-refractivity contribution < 1.29 is 13.2 Å². The molecular weight excluding hydrogens is 171 g/mol. The quantitative estimate of drug-likeness (QED) is 0.709. The fourth-order valence-corrected chi connectivity index (χ4v) is 0.770. The lowest BCUT2D eigenvalue weighted by atomic mass is 10.4. The van der Waals surface area contributed by atoms with E-state index in [1.807, 2.05) is 0 Å². The molecule has 3 N–H and O–H groups in total. The molecule has 3 nitrogen and oxygen atoms in total. The van der Waals surface area contributed by atoms with Gasteiger partial charge in [0, 0.05) is 6.42 Å². The van der Waals surface area contributed by atoms with E-state index in [0.29, 0.717) is 6.42 Å².